The van der Waals surface area contributed by atoms with E-state index in [1.807, 2.05) is 14.1 Å². The van der Waals surface area contributed by atoms with Crippen LogP contribution in [0.15, 0.2) is 33.9 Å². The van der Waals surface area contributed by atoms with Gasteiger partial charge in [-0.2, -0.15) is 4.31 Å². The molecular weight excluding hydrogens is 488 g/mol. The van der Waals surface area contributed by atoms with Gasteiger partial charge in [-0.15, -0.1) is 11.3 Å². The van der Waals surface area contributed by atoms with Crippen LogP contribution in [0, 0.1) is 13.8 Å². The fourth-order valence-electron chi connectivity index (χ4n) is 4.32. The fourth-order valence-corrected chi connectivity index (χ4v) is 8.15. The second-order valence-electron chi connectivity index (χ2n) is 9.06. The number of hydrogen-bond acceptors (Lipinski definition) is 7. The molecule has 10 heteroatoms. The topological polar surface area (TPSA) is 73.8 Å². The molecule has 0 bridgehead atoms. The van der Waals surface area contributed by atoms with Crippen molar-refractivity contribution in [1.82, 2.24) is 14.2 Å². The Balaban J connectivity index is 1.70. The highest BCUT2D eigenvalue weighted by Crippen LogP contribution is 2.34. The molecule has 34 heavy (non-hydrogen) atoms. The third-order valence-corrected chi connectivity index (χ3v) is 10.7. The van der Waals surface area contributed by atoms with Crippen LogP contribution in [-0.4, -0.2) is 68.3 Å². The zero-order chi connectivity index (χ0) is 24.5. The van der Waals surface area contributed by atoms with Gasteiger partial charge in [0.1, 0.15) is 10.3 Å². The Bertz CT molecular complexity index is 1250. The molecule has 0 spiro atoms. The van der Waals surface area contributed by atoms with Crippen LogP contribution < -0.4 is 4.90 Å². The Labute approximate surface area is 210 Å². The zero-order valence-electron chi connectivity index (χ0n) is 20.2. The van der Waals surface area contributed by atoms with E-state index >= 15 is 0 Å². The van der Waals surface area contributed by atoms with Crippen LogP contribution in [0.2, 0.25) is 0 Å². The summed E-state index contributed by atoms with van der Waals surface area (Å²) in [5, 5.41) is 2.40. The Morgan fingerprint density at radius 2 is 1.97 bits per heavy atom. The number of anilines is 1. The van der Waals surface area contributed by atoms with Gasteiger partial charge in [0.2, 0.25) is 5.91 Å². The average molecular weight is 521 g/mol. The SMILES string of the molecule is Cc1ccc2sc(N(CCCN(C)C)C(=O)C3CCCCN3S(=O)(=O)c3cccs3)nc2c1C. The highest BCUT2D eigenvalue weighted by molar-refractivity contribution is 7.91. The number of hydrogen-bond donors (Lipinski definition) is 0. The minimum absolute atomic E-state index is 0.174. The van der Waals surface area contributed by atoms with Crippen molar-refractivity contribution in [2.24, 2.45) is 0 Å². The molecule has 4 rings (SSSR count). The lowest BCUT2D eigenvalue weighted by atomic mass is 10.0. The van der Waals surface area contributed by atoms with E-state index in [9.17, 15) is 13.2 Å². The number of aryl methyl sites for hydroxylation is 2. The number of rotatable bonds is 8. The lowest BCUT2D eigenvalue weighted by Crippen LogP contribution is -2.53. The summed E-state index contributed by atoms with van der Waals surface area (Å²) < 4.78 is 29.5. The van der Waals surface area contributed by atoms with E-state index in [4.69, 9.17) is 4.98 Å². The largest absolute Gasteiger partial charge is 0.309 e. The number of fused-ring (bicyclic) bond motifs is 1. The number of carbonyl (C=O) groups is 1. The number of thiophene rings is 1. The van der Waals surface area contributed by atoms with Gasteiger partial charge < -0.3 is 4.90 Å². The van der Waals surface area contributed by atoms with Crippen LogP contribution >= 0.6 is 22.7 Å². The second-order valence-corrected chi connectivity index (χ2v) is 13.1. The second kappa shape index (κ2) is 10.4. The van der Waals surface area contributed by atoms with Gasteiger partial charge in [0, 0.05) is 13.1 Å². The van der Waals surface area contributed by atoms with Gasteiger partial charge in [-0.1, -0.05) is 29.9 Å². The molecule has 3 heterocycles. The monoisotopic (exact) mass is 520 g/mol. The zero-order valence-corrected chi connectivity index (χ0v) is 22.6. The van der Waals surface area contributed by atoms with Gasteiger partial charge in [-0.25, -0.2) is 13.4 Å². The number of sulfonamides is 1. The number of benzene rings is 1. The molecule has 0 aliphatic carbocycles. The Kier molecular flexibility index (Phi) is 7.73. The molecule has 184 valence electrons. The quantitative estimate of drug-likeness (QED) is 0.437. The highest BCUT2D eigenvalue weighted by atomic mass is 32.2. The van der Waals surface area contributed by atoms with Crippen molar-refractivity contribution in [2.45, 2.75) is 49.8 Å². The van der Waals surface area contributed by atoms with Crippen molar-refractivity contribution in [2.75, 3.05) is 38.6 Å². The van der Waals surface area contributed by atoms with Crippen molar-refractivity contribution in [3.63, 3.8) is 0 Å². The minimum Gasteiger partial charge on any atom is -0.309 e. The molecule has 1 aliphatic rings. The van der Waals surface area contributed by atoms with Crippen LogP contribution in [0.1, 0.15) is 36.8 Å². The van der Waals surface area contributed by atoms with E-state index in [0.717, 1.165) is 47.2 Å². The molecule has 1 aliphatic heterocycles. The predicted molar refractivity (Wildman–Crippen MR) is 140 cm³/mol. The first kappa shape index (κ1) is 25.2. The average Bonchev–Trinajstić information content (AvgIpc) is 3.50. The van der Waals surface area contributed by atoms with E-state index in [-0.39, 0.29) is 10.1 Å². The van der Waals surface area contributed by atoms with Crippen LogP contribution in [0.5, 0.6) is 0 Å². The third-order valence-electron chi connectivity index (χ3n) is 6.35. The van der Waals surface area contributed by atoms with E-state index in [1.165, 1.54) is 27.0 Å². The summed E-state index contributed by atoms with van der Waals surface area (Å²) in [5.41, 5.74) is 3.19. The summed E-state index contributed by atoms with van der Waals surface area (Å²) in [5.74, 6) is -0.174. The summed E-state index contributed by atoms with van der Waals surface area (Å²) in [6.07, 6.45) is 2.89. The molecule has 7 nitrogen and oxygen atoms in total. The summed E-state index contributed by atoms with van der Waals surface area (Å²) >= 11 is 2.70. The Hall–Kier alpha value is -1.85. The van der Waals surface area contributed by atoms with Crippen LogP contribution in [-0.2, 0) is 14.8 Å². The smallest absolute Gasteiger partial charge is 0.253 e. The lowest BCUT2D eigenvalue weighted by Gasteiger charge is -2.36. The first-order chi connectivity index (χ1) is 16.2. The number of nitrogens with zero attached hydrogens (tertiary/aromatic N) is 4. The summed E-state index contributed by atoms with van der Waals surface area (Å²) in [7, 11) is 0.292. The maximum Gasteiger partial charge on any atom is 0.253 e. The van der Waals surface area contributed by atoms with Crippen molar-refractivity contribution in [3.05, 3.63) is 40.8 Å². The number of carbonyl (C=O) groups excluding carboxylic acids is 1. The fraction of sp³-hybridized carbons (Fsp3) is 0.500. The van der Waals surface area contributed by atoms with Gasteiger partial charge in [0.25, 0.3) is 10.0 Å². The standard InChI is InChI=1S/C24H32N4O3S3/c1-17-11-12-20-22(18(17)2)25-24(33-20)27(14-8-13-26(3)4)23(29)19-9-5-6-15-28(19)34(30,31)21-10-7-16-32-21/h7,10-12,16,19H,5-6,8-9,13-15H2,1-4H3. The Morgan fingerprint density at radius 3 is 2.68 bits per heavy atom. The summed E-state index contributed by atoms with van der Waals surface area (Å²) in [6.45, 7) is 5.80. The van der Waals surface area contributed by atoms with E-state index < -0.39 is 16.1 Å². The molecule has 3 aromatic rings. The molecular formula is C24H32N4O3S3. The number of piperidine rings is 1. The third kappa shape index (κ3) is 5.06. The molecule has 1 saturated heterocycles. The van der Waals surface area contributed by atoms with Crippen molar-refractivity contribution >= 4 is 54.0 Å². The maximum atomic E-state index is 14.0. The normalized spacial score (nSPS) is 17.5. The first-order valence-corrected chi connectivity index (χ1v) is 14.7. The van der Waals surface area contributed by atoms with Crippen molar-refractivity contribution in [3.8, 4) is 0 Å². The molecule has 0 N–H and O–H groups in total. The molecule has 1 amide bonds. The molecule has 1 atom stereocenters. The van der Waals surface area contributed by atoms with E-state index in [1.54, 1.807) is 22.4 Å². The minimum atomic E-state index is -3.72. The maximum absolute atomic E-state index is 14.0. The predicted octanol–water partition coefficient (Wildman–Crippen LogP) is 4.50. The number of thiazole rings is 1. The Morgan fingerprint density at radius 1 is 1.18 bits per heavy atom. The molecule has 1 unspecified atom stereocenters. The molecule has 1 fully saturated rings. The molecule has 0 saturated carbocycles. The first-order valence-electron chi connectivity index (χ1n) is 11.6. The summed E-state index contributed by atoms with van der Waals surface area (Å²) in [4.78, 5) is 22.7. The van der Waals surface area contributed by atoms with Gasteiger partial charge >= 0.3 is 0 Å². The van der Waals surface area contributed by atoms with E-state index in [0.29, 0.717) is 24.6 Å². The molecule has 2 aromatic heterocycles. The van der Waals surface area contributed by atoms with Gasteiger partial charge in [-0.05, 0) is 82.4 Å². The van der Waals surface area contributed by atoms with Gasteiger partial charge in [0.15, 0.2) is 5.13 Å². The van der Waals surface area contributed by atoms with Crippen molar-refractivity contribution in [1.29, 1.82) is 0 Å². The van der Waals surface area contributed by atoms with E-state index in [2.05, 4.69) is 30.9 Å². The van der Waals surface area contributed by atoms with Gasteiger partial charge in [-0.3, -0.25) is 9.69 Å². The number of amides is 1. The summed E-state index contributed by atoms with van der Waals surface area (Å²) in [6, 6.07) is 6.76. The van der Waals surface area contributed by atoms with Crippen LogP contribution in [0.3, 0.4) is 0 Å². The number of aromatic nitrogens is 1. The van der Waals surface area contributed by atoms with Crippen LogP contribution in [0.4, 0.5) is 5.13 Å². The molecule has 0 radical (unpaired) electrons. The van der Waals surface area contributed by atoms with Crippen LogP contribution in [0.25, 0.3) is 10.2 Å². The molecule has 1 aromatic carbocycles. The lowest BCUT2D eigenvalue weighted by molar-refractivity contribution is -0.123. The van der Waals surface area contributed by atoms with Gasteiger partial charge in [0.05, 0.1) is 10.2 Å². The van der Waals surface area contributed by atoms with Crippen molar-refractivity contribution < 1.29 is 13.2 Å². The highest BCUT2D eigenvalue weighted by Gasteiger charge is 2.40.